The summed E-state index contributed by atoms with van der Waals surface area (Å²) in [7, 11) is 4.67. The zero-order chi connectivity index (χ0) is 21.3. The third-order valence-corrected chi connectivity index (χ3v) is 5.69. The van der Waals surface area contributed by atoms with E-state index in [1.807, 2.05) is 18.2 Å². The van der Waals surface area contributed by atoms with Gasteiger partial charge in [-0.2, -0.15) is 0 Å². The van der Waals surface area contributed by atoms with E-state index in [9.17, 15) is 4.79 Å². The molecule has 0 atom stereocenters. The van der Waals surface area contributed by atoms with Crippen LogP contribution in [0, 0.1) is 0 Å². The maximum atomic E-state index is 12.4. The third-order valence-electron chi connectivity index (χ3n) is 5.39. The molecule has 6 nitrogen and oxygen atoms in total. The number of hydrogen-bond acceptors (Lipinski definition) is 6. The number of hydrogen-bond donors (Lipinski definition) is 0. The molecule has 4 rings (SSSR count). The van der Waals surface area contributed by atoms with Crippen LogP contribution in [0.2, 0.25) is 5.02 Å². The van der Waals surface area contributed by atoms with Gasteiger partial charge in [-0.25, -0.2) is 4.79 Å². The van der Waals surface area contributed by atoms with Gasteiger partial charge >= 0.3 is 5.63 Å². The molecule has 0 unspecified atom stereocenters. The zero-order valence-corrected chi connectivity index (χ0v) is 17.9. The summed E-state index contributed by atoms with van der Waals surface area (Å²) >= 11 is 6.50. The van der Waals surface area contributed by atoms with Gasteiger partial charge < -0.3 is 23.4 Å². The fraction of sp³-hybridized carbons (Fsp3) is 0.348. The van der Waals surface area contributed by atoms with E-state index in [1.54, 1.807) is 27.4 Å². The van der Waals surface area contributed by atoms with Crippen LogP contribution in [-0.4, -0.2) is 21.3 Å². The second kappa shape index (κ2) is 8.48. The van der Waals surface area contributed by atoms with E-state index in [0.717, 1.165) is 47.8 Å². The minimum Gasteiger partial charge on any atom is -0.493 e. The number of aryl methyl sites for hydroxylation is 1. The molecule has 1 aromatic heterocycles. The predicted molar refractivity (Wildman–Crippen MR) is 115 cm³/mol. The van der Waals surface area contributed by atoms with Gasteiger partial charge in [0.05, 0.1) is 26.4 Å². The lowest BCUT2D eigenvalue weighted by Crippen LogP contribution is -2.15. The molecule has 158 valence electrons. The molecule has 0 radical (unpaired) electrons. The van der Waals surface area contributed by atoms with E-state index in [0.29, 0.717) is 33.6 Å². The minimum absolute atomic E-state index is 0.219. The van der Waals surface area contributed by atoms with Crippen molar-refractivity contribution in [1.29, 1.82) is 0 Å². The third kappa shape index (κ3) is 3.67. The van der Waals surface area contributed by atoms with Crippen LogP contribution in [-0.2, 0) is 19.4 Å². The number of methoxy groups -OCH3 is 3. The van der Waals surface area contributed by atoms with Crippen LogP contribution in [0.3, 0.4) is 0 Å². The summed E-state index contributed by atoms with van der Waals surface area (Å²) in [6, 6.07) is 7.14. The van der Waals surface area contributed by atoms with E-state index in [2.05, 4.69) is 0 Å². The largest absolute Gasteiger partial charge is 0.493 e. The molecule has 0 bridgehead atoms. The number of rotatable bonds is 6. The van der Waals surface area contributed by atoms with Crippen molar-refractivity contribution in [2.75, 3.05) is 21.3 Å². The fourth-order valence-electron chi connectivity index (χ4n) is 3.93. The summed E-state index contributed by atoms with van der Waals surface area (Å²) in [5.74, 6) is 2.03. The minimum atomic E-state index is -0.268. The van der Waals surface area contributed by atoms with Crippen LogP contribution >= 0.6 is 11.6 Å². The van der Waals surface area contributed by atoms with Crippen molar-refractivity contribution in [2.24, 2.45) is 0 Å². The Bertz CT molecular complexity index is 1130. The molecule has 30 heavy (non-hydrogen) atoms. The van der Waals surface area contributed by atoms with Gasteiger partial charge in [-0.05, 0) is 55.0 Å². The molecule has 0 amide bonds. The van der Waals surface area contributed by atoms with Crippen LogP contribution < -0.4 is 24.6 Å². The van der Waals surface area contributed by atoms with Crippen molar-refractivity contribution in [2.45, 2.75) is 32.3 Å². The van der Waals surface area contributed by atoms with Gasteiger partial charge in [0.2, 0.25) is 5.75 Å². The molecule has 2 aromatic carbocycles. The summed E-state index contributed by atoms with van der Waals surface area (Å²) in [6.45, 7) is 0.219. The Morgan fingerprint density at radius 2 is 1.57 bits per heavy atom. The molecule has 0 aliphatic heterocycles. The SMILES string of the molecule is COc1cc(COc2cc3oc(=O)c4c(c3cc2Cl)CCCC4)cc(OC)c1OC. The quantitative estimate of drug-likeness (QED) is 0.516. The number of halogens is 1. The van der Waals surface area contributed by atoms with Gasteiger partial charge in [-0.15, -0.1) is 0 Å². The van der Waals surface area contributed by atoms with Crippen LogP contribution in [0.1, 0.15) is 29.5 Å². The Morgan fingerprint density at radius 1 is 0.900 bits per heavy atom. The van der Waals surface area contributed by atoms with Crippen molar-refractivity contribution >= 4 is 22.6 Å². The highest BCUT2D eigenvalue weighted by Crippen LogP contribution is 2.39. The molecule has 1 aliphatic carbocycles. The van der Waals surface area contributed by atoms with Crippen molar-refractivity contribution in [3.8, 4) is 23.0 Å². The highest BCUT2D eigenvalue weighted by atomic mass is 35.5. The highest BCUT2D eigenvalue weighted by Gasteiger charge is 2.20. The fourth-order valence-corrected chi connectivity index (χ4v) is 4.15. The Labute approximate surface area is 179 Å². The van der Waals surface area contributed by atoms with E-state index in [4.69, 9.17) is 35.0 Å². The molecule has 0 spiro atoms. The summed E-state index contributed by atoms with van der Waals surface area (Å²) in [5.41, 5.74) is 2.86. The second-order valence-electron chi connectivity index (χ2n) is 7.15. The topological polar surface area (TPSA) is 67.1 Å². The summed E-state index contributed by atoms with van der Waals surface area (Å²) < 4.78 is 27.6. The predicted octanol–water partition coefficient (Wildman–Crippen LogP) is 4.93. The standard InChI is InChI=1S/C23H23ClO6/c1-26-20-8-13(9-21(27-2)22(20)28-3)12-29-19-11-18-16(10-17(19)24)14-6-4-5-7-15(14)23(25)30-18/h8-11H,4-7,12H2,1-3H3. The Hall–Kier alpha value is -2.86. The average molecular weight is 431 g/mol. The Morgan fingerprint density at radius 3 is 2.20 bits per heavy atom. The van der Waals surface area contributed by atoms with Crippen molar-refractivity contribution in [3.63, 3.8) is 0 Å². The van der Waals surface area contributed by atoms with Gasteiger partial charge in [0.15, 0.2) is 11.5 Å². The average Bonchev–Trinajstić information content (AvgIpc) is 2.77. The van der Waals surface area contributed by atoms with Crippen molar-refractivity contribution in [3.05, 3.63) is 56.4 Å². The number of benzene rings is 2. The first-order chi connectivity index (χ1) is 14.5. The van der Waals surface area contributed by atoms with Gasteiger partial charge in [0, 0.05) is 17.0 Å². The highest BCUT2D eigenvalue weighted by molar-refractivity contribution is 6.32. The molecule has 0 fully saturated rings. The lowest BCUT2D eigenvalue weighted by atomic mass is 9.91. The number of fused-ring (bicyclic) bond motifs is 3. The first-order valence-corrected chi connectivity index (χ1v) is 10.1. The molecular weight excluding hydrogens is 408 g/mol. The van der Waals surface area contributed by atoms with Crippen LogP contribution in [0.4, 0.5) is 0 Å². The van der Waals surface area contributed by atoms with Crippen LogP contribution in [0.5, 0.6) is 23.0 Å². The lowest BCUT2D eigenvalue weighted by Gasteiger charge is -2.17. The molecule has 1 heterocycles. The van der Waals surface area contributed by atoms with E-state index < -0.39 is 0 Å². The molecule has 3 aromatic rings. The molecule has 1 aliphatic rings. The van der Waals surface area contributed by atoms with Crippen molar-refractivity contribution in [1.82, 2.24) is 0 Å². The maximum absolute atomic E-state index is 12.4. The van der Waals surface area contributed by atoms with Gasteiger partial charge in [0.1, 0.15) is 17.9 Å². The van der Waals surface area contributed by atoms with E-state index >= 15 is 0 Å². The van der Waals surface area contributed by atoms with Gasteiger partial charge in [-0.3, -0.25) is 0 Å². The van der Waals surface area contributed by atoms with Gasteiger partial charge in [0.25, 0.3) is 0 Å². The van der Waals surface area contributed by atoms with Crippen LogP contribution in [0.15, 0.2) is 33.5 Å². The molecular formula is C23H23ClO6. The second-order valence-corrected chi connectivity index (χ2v) is 7.56. The monoisotopic (exact) mass is 430 g/mol. The summed E-state index contributed by atoms with van der Waals surface area (Å²) in [6.07, 6.45) is 3.68. The first kappa shape index (κ1) is 20.4. The van der Waals surface area contributed by atoms with E-state index in [-0.39, 0.29) is 12.2 Å². The summed E-state index contributed by atoms with van der Waals surface area (Å²) in [4.78, 5) is 12.4. The maximum Gasteiger partial charge on any atom is 0.339 e. The van der Waals surface area contributed by atoms with Gasteiger partial charge in [-0.1, -0.05) is 11.6 Å². The molecule has 0 saturated carbocycles. The number of ether oxygens (including phenoxy) is 4. The molecule has 0 saturated heterocycles. The van der Waals surface area contributed by atoms with Crippen molar-refractivity contribution < 1.29 is 23.4 Å². The van der Waals surface area contributed by atoms with E-state index in [1.165, 1.54) is 0 Å². The first-order valence-electron chi connectivity index (χ1n) is 9.75. The zero-order valence-electron chi connectivity index (χ0n) is 17.2. The van der Waals surface area contributed by atoms with Crippen LogP contribution in [0.25, 0.3) is 11.0 Å². The normalized spacial score (nSPS) is 13.1. The molecule has 7 heteroatoms. The Kier molecular flexibility index (Phi) is 5.77. The summed E-state index contributed by atoms with van der Waals surface area (Å²) in [5, 5.41) is 1.35. The smallest absolute Gasteiger partial charge is 0.339 e. The lowest BCUT2D eigenvalue weighted by molar-refractivity contribution is 0.298. The molecule has 0 N–H and O–H groups in total. The Balaban J connectivity index is 1.66.